The maximum atomic E-state index is 11.5. The molecule has 1 fully saturated rings. The summed E-state index contributed by atoms with van der Waals surface area (Å²) in [7, 11) is 1.66. The number of halogens is 1. The molecule has 4 nitrogen and oxygen atoms in total. The van der Waals surface area contributed by atoms with Crippen LogP contribution in [-0.2, 0) is 9.59 Å². The lowest BCUT2D eigenvalue weighted by Gasteiger charge is -2.31. The third kappa shape index (κ3) is 2.70. The molecule has 0 aromatic heterocycles. The van der Waals surface area contributed by atoms with E-state index < -0.39 is 0 Å². The molecule has 0 aromatic carbocycles. The van der Waals surface area contributed by atoms with Crippen molar-refractivity contribution in [3.05, 3.63) is 0 Å². The maximum absolute atomic E-state index is 11.5. The molecule has 1 saturated heterocycles. The van der Waals surface area contributed by atoms with Crippen molar-refractivity contribution >= 4 is 27.7 Å². The van der Waals surface area contributed by atoms with E-state index in [-0.39, 0.29) is 11.8 Å². The van der Waals surface area contributed by atoms with Gasteiger partial charge in [-0.3, -0.25) is 9.59 Å². The van der Waals surface area contributed by atoms with Crippen molar-refractivity contribution in [1.29, 1.82) is 0 Å². The minimum Gasteiger partial charge on any atom is -0.336 e. The Bertz CT molecular complexity index is 233. The number of piperazine rings is 1. The zero-order valence-electron chi connectivity index (χ0n) is 8.33. The van der Waals surface area contributed by atoms with Crippen molar-refractivity contribution in [1.82, 2.24) is 9.80 Å². The molecule has 1 heterocycles. The highest BCUT2D eigenvalue weighted by molar-refractivity contribution is 9.09. The van der Waals surface area contributed by atoms with Gasteiger partial charge in [-0.1, -0.05) is 15.9 Å². The van der Waals surface area contributed by atoms with E-state index in [2.05, 4.69) is 15.9 Å². The van der Waals surface area contributed by atoms with Crippen LogP contribution >= 0.6 is 15.9 Å². The summed E-state index contributed by atoms with van der Waals surface area (Å²) in [6.45, 7) is 2.02. The van der Waals surface area contributed by atoms with E-state index in [1.165, 1.54) is 4.90 Å². The number of carbonyl (C=O) groups is 2. The molecule has 0 aromatic rings. The van der Waals surface area contributed by atoms with Crippen molar-refractivity contribution < 1.29 is 9.59 Å². The monoisotopic (exact) mass is 262 g/mol. The summed E-state index contributed by atoms with van der Waals surface area (Å²) in [5, 5.41) is 0.947. The number of unbranched alkanes of at least 4 members (excludes halogenated alkanes) is 1. The summed E-state index contributed by atoms with van der Waals surface area (Å²) in [4.78, 5) is 25.9. The van der Waals surface area contributed by atoms with Crippen LogP contribution in [0.2, 0.25) is 0 Å². The van der Waals surface area contributed by atoms with Crippen LogP contribution in [0, 0.1) is 0 Å². The van der Waals surface area contributed by atoms with Gasteiger partial charge in [-0.25, -0.2) is 0 Å². The van der Waals surface area contributed by atoms with Gasteiger partial charge in [0.15, 0.2) is 0 Å². The second-order valence-corrected chi connectivity index (χ2v) is 4.21. The summed E-state index contributed by atoms with van der Waals surface area (Å²) >= 11 is 3.33. The number of carbonyl (C=O) groups excluding carboxylic acids is 2. The topological polar surface area (TPSA) is 40.6 Å². The average Bonchev–Trinajstić information content (AvgIpc) is 2.18. The van der Waals surface area contributed by atoms with Gasteiger partial charge in [0.1, 0.15) is 0 Å². The highest BCUT2D eigenvalue weighted by Crippen LogP contribution is 2.05. The molecule has 1 rings (SSSR count). The Labute approximate surface area is 92.4 Å². The van der Waals surface area contributed by atoms with Gasteiger partial charge >= 0.3 is 11.8 Å². The van der Waals surface area contributed by atoms with E-state index in [1.807, 2.05) is 0 Å². The third-order valence-electron chi connectivity index (χ3n) is 2.33. The molecule has 0 unspecified atom stereocenters. The Morgan fingerprint density at radius 3 is 2.57 bits per heavy atom. The zero-order chi connectivity index (χ0) is 10.6. The fourth-order valence-electron chi connectivity index (χ4n) is 1.38. The SMILES string of the molecule is CN1CCN(CCCCBr)C(=O)C1=O. The fourth-order valence-corrected chi connectivity index (χ4v) is 1.78. The number of rotatable bonds is 4. The van der Waals surface area contributed by atoms with E-state index in [1.54, 1.807) is 11.9 Å². The molecule has 0 radical (unpaired) electrons. The van der Waals surface area contributed by atoms with Gasteiger partial charge < -0.3 is 9.80 Å². The molecule has 0 saturated carbocycles. The van der Waals surface area contributed by atoms with E-state index in [0.29, 0.717) is 19.6 Å². The van der Waals surface area contributed by atoms with E-state index in [4.69, 9.17) is 0 Å². The van der Waals surface area contributed by atoms with Gasteiger partial charge in [0.05, 0.1) is 0 Å². The standard InChI is InChI=1S/C9H15BrN2O2/c1-11-6-7-12(5-3-2-4-10)9(14)8(11)13/h2-7H2,1H3. The lowest BCUT2D eigenvalue weighted by Crippen LogP contribution is -2.52. The van der Waals surface area contributed by atoms with Crippen molar-refractivity contribution in [3.63, 3.8) is 0 Å². The number of likely N-dealkylation sites (N-methyl/N-ethyl adjacent to an activating group) is 1. The Balaban J connectivity index is 2.39. The lowest BCUT2D eigenvalue weighted by molar-refractivity contribution is -0.154. The van der Waals surface area contributed by atoms with Crippen LogP contribution in [0.4, 0.5) is 0 Å². The minimum atomic E-state index is -0.380. The van der Waals surface area contributed by atoms with Gasteiger partial charge in [0.2, 0.25) is 0 Å². The number of alkyl halides is 1. The van der Waals surface area contributed by atoms with Gasteiger partial charge in [-0.2, -0.15) is 0 Å². The summed E-state index contributed by atoms with van der Waals surface area (Å²) in [5.41, 5.74) is 0. The van der Waals surface area contributed by atoms with Gasteiger partial charge in [0, 0.05) is 32.0 Å². The molecule has 1 aliphatic rings. The van der Waals surface area contributed by atoms with Crippen molar-refractivity contribution in [2.45, 2.75) is 12.8 Å². The first kappa shape index (κ1) is 11.5. The first-order valence-electron chi connectivity index (χ1n) is 4.77. The molecule has 0 aliphatic carbocycles. The Morgan fingerprint density at radius 1 is 1.21 bits per heavy atom. The molecule has 0 spiro atoms. The second kappa shape index (κ2) is 5.34. The van der Waals surface area contributed by atoms with Crippen LogP contribution in [0.25, 0.3) is 0 Å². The molecule has 0 bridgehead atoms. The highest BCUT2D eigenvalue weighted by Gasteiger charge is 2.29. The lowest BCUT2D eigenvalue weighted by atomic mass is 10.2. The van der Waals surface area contributed by atoms with Gasteiger partial charge in [-0.15, -0.1) is 0 Å². The largest absolute Gasteiger partial charge is 0.336 e. The average molecular weight is 263 g/mol. The van der Waals surface area contributed by atoms with E-state index >= 15 is 0 Å². The molecule has 5 heteroatoms. The zero-order valence-corrected chi connectivity index (χ0v) is 9.92. The van der Waals surface area contributed by atoms with Crippen LogP contribution in [0.1, 0.15) is 12.8 Å². The first-order valence-corrected chi connectivity index (χ1v) is 5.89. The molecule has 0 N–H and O–H groups in total. The third-order valence-corrected chi connectivity index (χ3v) is 2.89. The molecule has 80 valence electrons. The Hall–Kier alpha value is -0.580. The Morgan fingerprint density at radius 2 is 1.93 bits per heavy atom. The van der Waals surface area contributed by atoms with Crippen molar-refractivity contribution in [2.24, 2.45) is 0 Å². The Kier molecular flexibility index (Phi) is 4.38. The van der Waals surface area contributed by atoms with E-state index in [9.17, 15) is 9.59 Å². The maximum Gasteiger partial charge on any atom is 0.312 e. The van der Waals surface area contributed by atoms with Gasteiger partial charge in [0.25, 0.3) is 0 Å². The van der Waals surface area contributed by atoms with E-state index in [0.717, 1.165) is 18.2 Å². The number of hydrogen-bond acceptors (Lipinski definition) is 2. The molecule has 14 heavy (non-hydrogen) atoms. The molecule has 1 aliphatic heterocycles. The van der Waals surface area contributed by atoms with Crippen LogP contribution in [0.5, 0.6) is 0 Å². The van der Waals surface area contributed by atoms with Crippen LogP contribution in [0.3, 0.4) is 0 Å². The summed E-state index contributed by atoms with van der Waals surface area (Å²) in [5.74, 6) is -0.733. The first-order chi connectivity index (χ1) is 6.66. The van der Waals surface area contributed by atoms with Crippen LogP contribution < -0.4 is 0 Å². The number of amides is 2. The summed E-state index contributed by atoms with van der Waals surface area (Å²) < 4.78 is 0. The molecule has 2 amide bonds. The quantitative estimate of drug-likeness (QED) is 0.420. The van der Waals surface area contributed by atoms with Crippen LogP contribution in [-0.4, -0.2) is 53.6 Å². The smallest absolute Gasteiger partial charge is 0.312 e. The summed E-state index contributed by atoms with van der Waals surface area (Å²) in [6.07, 6.45) is 1.99. The number of nitrogens with zero attached hydrogens (tertiary/aromatic N) is 2. The predicted octanol–water partition coefficient (Wildman–Crippen LogP) is 0.462. The molecular weight excluding hydrogens is 248 g/mol. The van der Waals surface area contributed by atoms with Crippen molar-refractivity contribution in [3.8, 4) is 0 Å². The summed E-state index contributed by atoms with van der Waals surface area (Å²) in [6, 6.07) is 0. The molecular formula is C9H15BrN2O2. The number of hydrogen-bond donors (Lipinski definition) is 0. The second-order valence-electron chi connectivity index (χ2n) is 3.41. The fraction of sp³-hybridized carbons (Fsp3) is 0.778. The van der Waals surface area contributed by atoms with Crippen LogP contribution in [0.15, 0.2) is 0 Å². The van der Waals surface area contributed by atoms with Crippen molar-refractivity contribution in [2.75, 3.05) is 32.0 Å². The highest BCUT2D eigenvalue weighted by atomic mass is 79.9. The van der Waals surface area contributed by atoms with Gasteiger partial charge in [-0.05, 0) is 12.8 Å². The predicted molar refractivity (Wildman–Crippen MR) is 57.2 cm³/mol. The minimum absolute atomic E-state index is 0.353. The molecule has 0 atom stereocenters. The normalized spacial score (nSPS) is 17.9.